The molecule has 4 heteroatoms. The number of amides is 1. The van der Waals surface area contributed by atoms with Crippen LogP contribution in [-0.4, -0.2) is 10.5 Å². The van der Waals surface area contributed by atoms with Gasteiger partial charge in [0.2, 0.25) is 5.91 Å². The van der Waals surface area contributed by atoms with Crippen molar-refractivity contribution in [2.45, 2.75) is 6.54 Å². The quantitative estimate of drug-likeness (QED) is 0.428. The highest BCUT2D eigenvalue weighted by Crippen LogP contribution is 2.33. The van der Waals surface area contributed by atoms with Gasteiger partial charge in [-0.3, -0.25) is 4.79 Å². The van der Waals surface area contributed by atoms with Gasteiger partial charge in [-0.05, 0) is 53.1 Å². The Balaban J connectivity index is 1.70. The number of aromatic nitrogens is 1. The largest absolute Gasteiger partial charge is 0.366 e. The molecule has 2 N–H and O–H groups in total. The molecular formula is C26H18FN2O. The summed E-state index contributed by atoms with van der Waals surface area (Å²) in [6.07, 6.45) is 0. The first-order chi connectivity index (χ1) is 14.6. The number of primary amides is 1. The van der Waals surface area contributed by atoms with Crippen molar-refractivity contribution in [1.29, 1.82) is 0 Å². The third-order valence-corrected chi connectivity index (χ3v) is 5.40. The number of carbonyl (C=O) groups excluding carboxylic acids is 1. The zero-order valence-electron chi connectivity index (χ0n) is 16.1. The van der Waals surface area contributed by atoms with Gasteiger partial charge in [-0.25, -0.2) is 4.39 Å². The lowest BCUT2D eigenvalue weighted by atomic mass is 10.0. The average Bonchev–Trinajstić information content (AvgIpc) is 3.07. The van der Waals surface area contributed by atoms with Crippen LogP contribution in [0.15, 0.2) is 84.9 Å². The maximum Gasteiger partial charge on any atom is 0.249 e. The molecule has 0 aliphatic rings. The smallest absolute Gasteiger partial charge is 0.249 e. The summed E-state index contributed by atoms with van der Waals surface area (Å²) >= 11 is 0. The van der Waals surface area contributed by atoms with Gasteiger partial charge >= 0.3 is 0 Å². The van der Waals surface area contributed by atoms with Crippen molar-refractivity contribution in [2.24, 2.45) is 5.73 Å². The fourth-order valence-electron chi connectivity index (χ4n) is 4.07. The van der Waals surface area contributed by atoms with E-state index in [1.54, 1.807) is 12.1 Å². The minimum absolute atomic E-state index is 0.370. The summed E-state index contributed by atoms with van der Waals surface area (Å²) in [7, 11) is 0. The number of hydrogen-bond acceptors (Lipinski definition) is 1. The molecule has 1 aromatic heterocycles. The van der Waals surface area contributed by atoms with Gasteiger partial charge in [-0.1, -0.05) is 54.6 Å². The Bertz CT molecular complexity index is 1400. The summed E-state index contributed by atoms with van der Waals surface area (Å²) in [5, 5.41) is 1.40. The molecule has 0 fully saturated rings. The fraction of sp³-hybridized carbons (Fsp3) is 0.0385. The Kier molecular flexibility index (Phi) is 4.32. The van der Waals surface area contributed by atoms with Gasteiger partial charge in [0.05, 0.1) is 11.0 Å². The first-order valence-corrected chi connectivity index (χ1v) is 9.68. The van der Waals surface area contributed by atoms with Crippen LogP contribution in [0.25, 0.3) is 32.9 Å². The molecule has 0 spiro atoms. The van der Waals surface area contributed by atoms with Crippen LogP contribution in [0.3, 0.4) is 0 Å². The van der Waals surface area contributed by atoms with Gasteiger partial charge in [-0.2, -0.15) is 0 Å². The number of carbonyl (C=O) groups is 1. The molecule has 5 rings (SSSR count). The van der Waals surface area contributed by atoms with Crippen molar-refractivity contribution in [3.8, 4) is 11.1 Å². The van der Waals surface area contributed by atoms with Crippen molar-refractivity contribution in [3.05, 3.63) is 108 Å². The normalized spacial score (nSPS) is 11.2. The lowest BCUT2D eigenvalue weighted by molar-refractivity contribution is 0.100. The van der Waals surface area contributed by atoms with Crippen LogP contribution in [0, 0.1) is 11.9 Å². The molecule has 1 amide bonds. The standard InChI is InChI=1S/C26H18FN2O/c27-20-12-13-21-24(15-20)29(23-11-5-10-22(25(21)23)26(28)30)16-17-6-4-9-19(14-17)18-7-2-1-3-8-18/h1-12,14-15H,16H2,(H2,28,30). The van der Waals surface area contributed by atoms with Crippen LogP contribution in [0.4, 0.5) is 4.39 Å². The van der Waals surface area contributed by atoms with Crippen molar-refractivity contribution in [3.63, 3.8) is 0 Å². The van der Waals surface area contributed by atoms with Gasteiger partial charge in [0, 0.05) is 22.9 Å². The minimum atomic E-state index is -0.511. The number of fused-ring (bicyclic) bond motifs is 3. The monoisotopic (exact) mass is 393 g/mol. The van der Waals surface area contributed by atoms with E-state index in [1.807, 2.05) is 41.0 Å². The molecule has 0 aliphatic heterocycles. The van der Waals surface area contributed by atoms with E-state index >= 15 is 0 Å². The predicted octanol–water partition coefficient (Wildman–Crippen LogP) is 5.55. The van der Waals surface area contributed by atoms with E-state index in [1.165, 1.54) is 12.1 Å². The van der Waals surface area contributed by atoms with Gasteiger partial charge in [-0.15, -0.1) is 0 Å². The zero-order valence-corrected chi connectivity index (χ0v) is 16.1. The lowest BCUT2D eigenvalue weighted by Gasteiger charge is -2.10. The first kappa shape index (κ1) is 18.1. The van der Waals surface area contributed by atoms with Crippen LogP contribution in [0.2, 0.25) is 0 Å². The molecule has 5 aromatic rings. The van der Waals surface area contributed by atoms with E-state index < -0.39 is 5.91 Å². The molecule has 145 valence electrons. The van der Waals surface area contributed by atoms with E-state index in [-0.39, 0.29) is 5.82 Å². The van der Waals surface area contributed by atoms with Crippen molar-refractivity contribution >= 4 is 27.7 Å². The zero-order chi connectivity index (χ0) is 20.7. The molecule has 0 atom stereocenters. The van der Waals surface area contributed by atoms with E-state index in [4.69, 9.17) is 5.73 Å². The molecule has 0 saturated heterocycles. The van der Waals surface area contributed by atoms with E-state index in [2.05, 4.69) is 30.3 Å². The Morgan fingerprint density at radius 3 is 2.47 bits per heavy atom. The molecule has 0 unspecified atom stereocenters. The van der Waals surface area contributed by atoms with Crippen molar-refractivity contribution in [2.75, 3.05) is 0 Å². The first-order valence-electron chi connectivity index (χ1n) is 9.68. The number of hydrogen-bond donors (Lipinski definition) is 1. The van der Waals surface area contributed by atoms with Crippen LogP contribution in [-0.2, 0) is 6.54 Å². The topological polar surface area (TPSA) is 48.0 Å². The number of nitrogens with two attached hydrogens (primary N) is 1. The number of halogens is 1. The van der Waals surface area contributed by atoms with Gasteiger partial charge < -0.3 is 10.3 Å². The van der Waals surface area contributed by atoms with Crippen molar-refractivity contribution < 1.29 is 9.18 Å². The Morgan fingerprint density at radius 2 is 1.67 bits per heavy atom. The summed E-state index contributed by atoms with van der Waals surface area (Å²) in [4.78, 5) is 12.0. The maximum absolute atomic E-state index is 14.1. The lowest BCUT2D eigenvalue weighted by Crippen LogP contribution is -2.11. The molecule has 1 heterocycles. The van der Waals surface area contributed by atoms with E-state index in [0.29, 0.717) is 28.4 Å². The van der Waals surface area contributed by atoms with Gasteiger partial charge in [0.25, 0.3) is 0 Å². The molecule has 0 saturated carbocycles. The van der Waals surface area contributed by atoms with Crippen LogP contribution >= 0.6 is 0 Å². The Hall–Kier alpha value is -3.92. The van der Waals surface area contributed by atoms with Crippen LogP contribution < -0.4 is 5.73 Å². The second-order valence-electron chi connectivity index (χ2n) is 7.29. The van der Waals surface area contributed by atoms with E-state index in [0.717, 1.165) is 22.2 Å². The number of nitrogens with zero attached hydrogens (tertiary/aromatic N) is 1. The molecule has 1 radical (unpaired) electrons. The number of rotatable bonds is 4. The summed E-state index contributed by atoms with van der Waals surface area (Å²) in [5.74, 6) is -0.881. The maximum atomic E-state index is 14.1. The molecular weight excluding hydrogens is 375 g/mol. The highest BCUT2D eigenvalue weighted by Gasteiger charge is 2.17. The average molecular weight is 393 g/mol. The highest BCUT2D eigenvalue weighted by molar-refractivity contribution is 6.17. The molecule has 30 heavy (non-hydrogen) atoms. The summed E-state index contributed by atoms with van der Waals surface area (Å²) in [6.45, 7) is 0.528. The predicted molar refractivity (Wildman–Crippen MR) is 118 cm³/mol. The molecule has 4 aromatic carbocycles. The molecule has 3 nitrogen and oxygen atoms in total. The third kappa shape index (κ3) is 3.03. The minimum Gasteiger partial charge on any atom is -0.366 e. The van der Waals surface area contributed by atoms with Gasteiger partial charge in [0.1, 0.15) is 5.82 Å². The van der Waals surface area contributed by atoms with Gasteiger partial charge in [0.15, 0.2) is 0 Å². The number of benzene rings is 4. The van der Waals surface area contributed by atoms with Crippen LogP contribution in [0.5, 0.6) is 0 Å². The van der Waals surface area contributed by atoms with Crippen LogP contribution in [0.1, 0.15) is 15.9 Å². The van der Waals surface area contributed by atoms with E-state index in [9.17, 15) is 9.18 Å². The second kappa shape index (κ2) is 7.16. The summed E-state index contributed by atoms with van der Waals surface area (Å²) < 4.78 is 16.1. The fourth-order valence-corrected chi connectivity index (χ4v) is 4.07. The highest BCUT2D eigenvalue weighted by atomic mass is 19.1. The van der Waals surface area contributed by atoms with Crippen molar-refractivity contribution in [1.82, 2.24) is 4.57 Å². The SMILES string of the molecule is NC(=O)c1cccc2c1c1[c]cc(F)cc1n2Cc1cccc(-c2ccccc2)c1. The molecule has 0 aliphatic carbocycles. The third-order valence-electron chi connectivity index (χ3n) is 5.40. The Morgan fingerprint density at radius 1 is 0.900 bits per heavy atom. The second-order valence-corrected chi connectivity index (χ2v) is 7.29. The Labute approximate surface area is 173 Å². The molecule has 0 bridgehead atoms. The summed E-state index contributed by atoms with van der Waals surface area (Å²) in [6, 6.07) is 29.6. The summed E-state index contributed by atoms with van der Waals surface area (Å²) in [5.41, 5.74) is 10.9.